The van der Waals surface area contributed by atoms with Gasteiger partial charge in [-0.15, -0.1) is 4.68 Å². The summed E-state index contributed by atoms with van der Waals surface area (Å²) >= 11 is 0. The molecule has 1 aliphatic rings. The first-order valence-electron chi connectivity index (χ1n) is 4.27. The standard InChI is InChI=1S/C9H9N4/c1-7-8-6-10-3-2-9(8)13-11-4-5-12(7)13/h2-7H,1H3/q+1. The van der Waals surface area contributed by atoms with Gasteiger partial charge in [-0.05, 0) is 17.8 Å². The molecule has 0 fully saturated rings. The van der Waals surface area contributed by atoms with Crippen molar-refractivity contribution in [3.8, 4) is 5.69 Å². The Morgan fingerprint density at radius 2 is 2.38 bits per heavy atom. The maximum atomic E-state index is 4.24. The minimum atomic E-state index is 0.339. The highest BCUT2D eigenvalue weighted by Crippen LogP contribution is 2.23. The topological polar surface area (TPSA) is 34.6 Å². The maximum absolute atomic E-state index is 4.24. The van der Waals surface area contributed by atoms with Crippen molar-refractivity contribution in [3.05, 3.63) is 36.4 Å². The van der Waals surface area contributed by atoms with Gasteiger partial charge in [-0.25, -0.2) is 0 Å². The van der Waals surface area contributed by atoms with Crippen LogP contribution in [0.3, 0.4) is 0 Å². The summed E-state index contributed by atoms with van der Waals surface area (Å²) in [5.74, 6) is 0. The quantitative estimate of drug-likeness (QED) is 0.543. The molecule has 3 heterocycles. The van der Waals surface area contributed by atoms with E-state index in [1.54, 1.807) is 12.4 Å². The molecule has 0 saturated carbocycles. The van der Waals surface area contributed by atoms with Crippen LogP contribution in [-0.2, 0) is 0 Å². The van der Waals surface area contributed by atoms with Crippen molar-refractivity contribution in [3.63, 3.8) is 0 Å². The largest absolute Gasteiger partial charge is 0.264 e. The summed E-state index contributed by atoms with van der Waals surface area (Å²) in [7, 11) is 0. The van der Waals surface area contributed by atoms with Gasteiger partial charge in [0, 0.05) is 23.1 Å². The average Bonchev–Trinajstić information content (AvgIpc) is 2.72. The monoisotopic (exact) mass is 173 g/mol. The Morgan fingerprint density at radius 3 is 3.31 bits per heavy atom. The molecule has 0 radical (unpaired) electrons. The second kappa shape index (κ2) is 2.16. The lowest BCUT2D eigenvalue weighted by Gasteiger charge is -1.97. The number of nitrogens with zero attached hydrogens (tertiary/aromatic N) is 4. The molecule has 0 spiro atoms. The minimum Gasteiger partial charge on any atom is -0.264 e. The lowest BCUT2D eigenvalue weighted by atomic mass is 10.1. The number of aromatic nitrogens is 4. The predicted molar refractivity (Wildman–Crippen MR) is 45.4 cm³/mol. The van der Waals surface area contributed by atoms with Crippen molar-refractivity contribution in [1.82, 2.24) is 14.9 Å². The van der Waals surface area contributed by atoms with Gasteiger partial charge in [0.05, 0.1) is 0 Å². The first-order valence-corrected chi connectivity index (χ1v) is 4.27. The van der Waals surface area contributed by atoms with Gasteiger partial charge in [-0.2, -0.15) is 0 Å². The van der Waals surface area contributed by atoms with E-state index in [1.165, 1.54) is 5.56 Å². The molecule has 4 nitrogen and oxygen atoms in total. The summed E-state index contributed by atoms with van der Waals surface area (Å²) in [5.41, 5.74) is 2.36. The second-order valence-corrected chi connectivity index (χ2v) is 3.19. The molecule has 0 N–H and O–H groups in total. The minimum absolute atomic E-state index is 0.339. The van der Waals surface area contributed by atoms with Gasteiger partial charge in [0.1, 0.15) is 11.7 Å². The fraction of sp³-hybridized carbons (Fsp3) is 0.222. The third kappa shape index (κ3) is 0.722. The predicted octanol–water partition coefficient (Wildman–Crippen LogP) is 0.477. The summed E-state index contributed by atoms with van der Waals surface area (Å²) in [6.45, 7) is 2.14. The van der Waals surface area contributed by atoms with Gasteiger partial charge in [0.25, 0.3) is 0 Å². The molecule has 2 aromatic heterocycles. The van der Waals surface area contributed by atoms with Gasteiger partial charge in [0.2, 0.25) is 6.20 Å². The number of rotatable bonds is 0. The molecule has 1 aliphatic heterocycles. The highest BCUT2D eigenvalue weighted by Gasteiger charge is 2.31. The Balaban J connectivity index is 2.37. The lowest BCUT2D eigenvalue weighted by Crippen LogP contribution is -2.40. The fourth-order valence-electron chi connectivity index (χ4n) is 1.81. The zero-order valence-corrected chi connectivity index (χ0v) is 7.25. The van der Waals surface area contributed by atoms with E-state index in [-0.39, 0.29) is 0 Å². The molecule has 1 unspecified atom stereocenters. The molecule has 0 amide bonds. The molecule has 13 heavy (non-hydrogen) atoms. The first kappa shape index (κ1) is 6.77. The molecule has 64 valence electrons. The van der Waals surface area contributed by atoms with Gasteiger partial charge >= 0.3 is 0 Å². The molecule has 3 rings (SSSR count). The van der Waals surface area contributed by atoms with Crippen molar-refractivity contribution in [2.24, 2.45) is 0 Å². The van der Waals surface area contributed by atoms with Crippen LogP contribution >= 0.6 is 0 Å². The van der Waals surface area contributed by atoms with Crippen LogP contribution in [0.2, 0.25) is 0 Å². The highest BCUT2D eigenvalue weighted by atomic mass is 15.6. The van der Waals surface area contributed by atoms with Crippen LogP contribution in [-0.4, -0.2) is 14.9 Å². The highest BCUT2D eigenvalue weighted by molar-refractivity contribution is 5.38. The molecule has 0 aromatic carbocycles. The van der Waals surface area contributed by atoms with E-state index in [0.717, 1.165) is 5.69 Å². The van der Waals surface area contributed by atoms with Crippen LogP contribution in [0.5, 0.6) is 0 Å². The van der Waals surface area contributed by atoms with Crippen molar-refractivity contribution >= 4 is 0 Å². The van der Waals surface area contributed by atoms with E-state index in [4.69, 9.17) is 0 Å². The summed E-state index contributed by atoms with van der Waals surface area (Å²) in [4.78, 5) is 6.02. The van der Waals surface area contributed by atoms with Crippen LogP contribution in [0, 0.1) is 0 Å². The number of pyridine rings is 1. The summed E-state index contributed by atoms with van der Waals surface area (Å²) in [6, 6.07) is 2.33. The lowest BCUT2D eigenvalue weighted by molar-refractivity contribution is -0.774. The third-order valence-electron chi connectivity index (χ3n) is 2.50. The third-order valence-corrected chi connectivity index (χ3v) is 2.50. The Morgan fingerprint density at radius 1 is 1.46 bits per heavy atom. The van der Waals surface area contributed by atoms with Gasteiger partial charge < -0.3 is 0 Å². The maximum Gasteiger partial charge on any atom is 0.206 e. The van der Waals surface area contributed by atoms with Gasteiger partial charge in [-0.3, -0.25) is 4.98 Å². The van der Waals surface area contributed by atoms with E-state index in [1.807, 2.05) is 23.3 Å². The van der Waals surface area contributed by atoms with Crippen LogP contribution in [0.1, 0.15) is 18.5 Å². The zero-order chi connectivity index (χ0) is 8.84. The Kier molecular flexibility index (Phi) is 1.12. The van der Waals surface area contributed by atoms with Gasteiger partial charge in [0.15, 0.2) is 6.20 Å². The van der Waals surface area contributed by atoms with Crippen molar-refractivity contribution < 1.29 is 4.68 Å². The number of hydrogen-bond acceptors (Lipinski definition) is 2. The number of hydrogen-bond donors (Lipinski definition) is 0. The second-order valence-electron chi connectivity index (χ2n) is 3.19. The van der Waals surface area contributed by atoms with E-state index in [0.29, 0.717) is 6.04 Å². The molecular weight excluding hydrogens is 164 g/mol. The van der Waals surface area contributed by atoms with E-state index in [9.17, 15) is 0 Å². The average molecular weight is 173 g/mol. The van der Waals surface area contributed by atoms with Crippen molar-refractivity contribution in [2.45, 2.75) is 13.0 Å². The Bertz CT molecular complexity index is 460. The van der Waals surface area contributed by atoms with Crippen LogP contribution in [0.4, 0.5) is 0 Å². The van der Waals surface area contributed by atoms with Crippen molar-refractivity contribution in [1.29, 1.82) is 0 Å². The number of fused-ring (bicyclic) bond motifs is 3. The molecule has 0 saturated heterocycles. The molecule has 4 heteroatoms. The van der Waals surface area contributed by atoms with Crippen LogP contribution in [0.15, 0.2) is 30.9 Å². The Labute approximate surface area is 75.4 Å². The van der Waals surface area contributed by atoms with E-state index < -0.39 is 0 Å². The van der Waals surface area contributed by atoms with E-state index >= 15 is 0 Å². The van der Waals surface area contributed by atoms with Crippen LogP contribution in [0.25, 0.3) is 5.69 Å². The Hall–Kier alpha value is -1.71. The molecular formula is C9H9N4+. The van der Waals surface area contributed by atoms with Crippen LogP contribution < -0.4 is 4.68 Å². The van der Waals surface area contributed by atoms with Crippen molar-refractivity contribution in [2.75, 3.05) is 0 Å². The van der Waals surface area contributed by atoms with Gasteiger partial charge in [-0.1, -0.05) is 0 Å². The molecule has 2 aromatic rings. The molecule has 1 atom stereocenters. The normalized spacial score (nSPS) is 18.4. The fourth-order valence-corrected chi connectivity index (χ4v) is 1.81. The summed E-state index contributed by atoms with van der Waals surface area (Å²) in [6.07, 6.45) is 7.48. The first-order chi connectivity index (χ1) is 6.38. The smallest absolute Gasteiger partial charge is 0.206 e. The van der Waals surface area contributed by atoms with E-state index in [2.05, 4.69) is 21.7 Å². The SMILES string of the molecule is CC1c2cnccc2-n2ncc[n+]21. The molecule has 0 bridgehead atoms. The molecule has 0 aliphatic carbocycles. The summed E-state index contributed by atoms with van der Waals surface area (Å²) in [5, 5.41) is 4.24. The summed E-state index contributed by atoms with van der Waals surface area (Å²) < 4.78 is 2.09. The zero-order valence-electron chi connectivity index (χ0n) is 7.25.